The van der Waals surface area contributed by atoms with Crippen LogP contribution in [0.1, 0.15) is 64.7 Å². The van der Waals surface area contributed by atoms with Gasteiger partial charge in [-0.25, -0.2) is 0 Å². The third kappa shape index (κ3) is 2.66. The van der Waals surface area contributed by atoms with Gasteiger partial charge in [-0.2, -0.15) is 5.26 Å². The molecule has 2 rings (SSSR count). The van der Waals surface area contributed by atoms with E-state index in [0.717, 1.165) is 51.6 Å². The van der Waals surface area contributed by atoms with Crippen LogP contribution in [-0.2, 0) is 0 Å². The van der Waals surface area contributed by atoms with Gasteiger partial charge in [0, 0.05) is 12.5 Å². The maximum absolute atomic E-state index is 11.4. The zero-order chi connectivity index (χ0) is 13.8. The van der Waals surface area contributed by atoms with Crippen molar-refractivity contribution in [2.24, 2.45) is 11.3 Å². The highest BCUT2D eigenvalue weighted by atomic mass is 16.3. The molecule has 1 saturated heterocycles. The number of aliphatic hydroxyl groups is 1. The summed E-state index contributed by atoms with van der Waals surface area (Å²) in [5.41, 5.74) is -1.28. The maximum atomic E-state index is 11.4. The minimum absolute atomic E-state index is 0.223. The number of rotatable bonds is 2. The Bertz CT molecular complexity index is 328. The second-order valence-corrected chi connectivity index (χ2v) is 6.45. The van der Waals surface area contributed by atoms with Crippen LogP contribution >= 0.6 is 0 Å². The molecule has 0 radical (unpaired) electrons. The van der Waals surface area contributed by atoms with E-state index in [9.17, 15) is 10.4 Å². The van der Waals surface area contributed by atoms with Crippen molar-refractivity contribution in [3.8, 4) is 6.07 Å². The van der Waals surface area contributed by atoms with Crippen LogP contribution in [0.25, 0.3) is 0 Å². The summed E-state index contributed by atoms with van der Waals surface area (Å²) in [5, 5.41) is 24.6. The lowest BCUT2D eigenvalue weighted by molar-refractivity contribution is -0.128. The van der Waals surface area contributed by atoms with Crippen LogP contribution in [0.4, 0.5) is 0 Å². The normalized spacial score (nSPS) is 35.9. The molecule has 3 nitrogen and oxygen atoms in total. The van der Waals surface area contributed by atoms with E-state index in [1.807, 2.05) is 0 Å². The number of nitrogens with zero attached hydrogens (tertiary/aromatic N) is 1. The minimum atomic E-state index is -0.779. The molecule has 2 unspecified atom stereocenters. The molecule has 1 aliphatic heterocycles. The van der Waals surface area contributed by atoms with Crippen LogP contribution in [0.5, 0.6) is 0 Å². The van der Waals surface area contributed by atoms with E-state index in [2.05, 4.69) is 18.3 Å². The Labute approximate surface area is 117 Å². The van der Waals surface area contributed by atoms with Crippen LogP contribution in [0, 0.1) is 22.7 Å². The SMILES string of the molecule is CCC1CNCCC1(O)C1(C#N)CCCCCCC1. The van der Waals surface area contributed by atoms with Gasteiger partial charge in [-0.15, -0.1) is 0 Å². The second-order valence-electron chi connectivity index (χ2n) is 6.45. The highest BCUT2D eigenvalue weighted by Gasteiger charge is 2.54. The van der Waals surface area contributed by atoms with E-state index >= 15 is 0 Å². The lowest BCUT2D eigenvalue weighted by atomic mass is 9.58. The average molecular weight is 264 g/mol. The van der Waals surface area contributed by atoms with Gasteiger partial charge in [0.25, 0.3) is 0 Å². The van der Waals surface area contributed by atoms with E-state index in [1.165, 1.54) is 19.3 Å². The van der Waals surface area contributed by atoms with E-state index in [0.29, 0.717) is 0 Å². The summed E-state index contributed by atoms with van der Waals surface area (Å²) in [6.45, 7) is 3.84. The molecule has 0 aromatic carbocycles. The third-order valence-corrected chi connectivity index (χ3v) is 5.49. The predicted molar refractivity (Wildman–Crippen MR) is 76.6 cm³/mol. The van der Waals surface area contributed by atoms with Crippen molar-refractivity contribution in [3.63, 3.8) is 0 Å². The van der Waals surface area contributed by atoms with Crippen molar-refractivity contribution in [3.05, 3.63) is 0 Å². The lowest BCUT2D eigenvalue weighted by Gasteiger charge is -2.50. The molecule has 1 heterocycles. The molecule has 108 valence electrons. The number of hydrogen-bond donors (Lipinski definition) is 2. The van der Waals surface area contributed by atoms with Crippen molar-refractivity contribution in [2.75, 3.05) is 13.1 Å². The van der Waals surface area contributed by atoms with Crippen LogP contribution in [0.2, 0.25) is 0 Å². The molecule has 0 spiro atoms. The van der Waals surface area contributed by atoms with E-state index in [-0.39, 0.29) is 5.92 Å². The summed E-state index contributed by atoms with van der Waals surface area (Å²) in [6.07, 6.45) is 9.38. The zero-order valence-corrected chi connectivity index (χ0v) is 12.2. The van der Waals surface area contributed by atoms with Crippen LogP contribution < -0.4 is 5.32 Å². The van der Waals surface area contributed by atoms with Crippen molar-refractivity contribution >= 4 is 0 Å². The molecular formula is C16H28N2O. The van der Waals surface area contributed by atoms with E-state index < -0.39 is 11.0 Å². The fourth-order valence-corrected chi connectivity index (χ4v) is 4.19. The topological polar surface area (TPSA) is 56.0 Å². The van der Waals surface area contributed by atoms with E-state index in [1.54, 1.807) is 0 Å². The van der Waals surface area contributed by atoms with Crippen LogP contribution in [0.15, 0.2) is 0 Å². The standard InChI is InChI=1S/C16H28N2O/c1-2-14-12-18-11-10-16(14,19)15(13-17)8-6-4-3-5-7-9-15/h14,18-19H,2-12H2,1H3. The minimum Gasteiger partial charge on any atom is -0.388 e. The third-order valence-electron chi connectivity index (χ3n) is 5.49. The van der Waals surface area contributed by atoms with Crippen molar-refractivity contribution < 1.29 is 5.11 Å². The number of nitriles is 1. The quantitative estimate of drug-likeness (QED) is 0.806. The number of nitrogens with one attached hydrogen (secondary N) is 1. The summed E-state index contributed by atoms with van der Waals surface area (Å²) in [4.78, 5) is 0. The first kappa shape index (κ1) is 14.8. The van der Waals surface area contributed by atoms with Crippen LogP contribution in [0.3, 0.4) is 0 Å². The highest BCUT2D eigenvalue weighted by molar-refractivity contribution is 5.15. The molecule has 0 amide bonds. The molecule has 0 aromatic heterocycles. The molecule has 0 bridgehead atoms. The van der Waals surface area contributed by atoms with Gasteiger partial charge in [-0.1, -0.05) is 39.0 Å². The fourth-order valence-electron chi connectivity index (χ4n) is 4.19. The van der Waals surface area contributed by atoms with E-state index in [4.69, 9.17) is 0 Å². The molecular weight excluding hydrogens is 236 g/mol. The monoisotopic (exact) mass is 264 g/mol. The molecule has 2 fully saturated rings. The highest BCUT2D eigenvalue weighted by Crippen LogP contribution is 2.49. The summed E-state index contributed by atoms with van der Waals surface area (Å²) >= 11 is 0. The molecule has 2 aliphatic rings. The van der Waals surface area contributed by atoms with Crippen molar-refractivity contribution in [1.29, 1.82) is 5.26 Å². The van der Waals surface area contributed by atoms with Gasteiger partial charge < -0.3 is 10.4 Å². The predicted octanol–water partition coefficient (Wildman–Crippen LogP) is 2.99. The Morgan fingerprint density at radius 3 is 2.37 bits per heavy atom. The molecule has 2 atom stereocenters. The van der Waals surface area contributed by atoms with Crippen molar-refractivity contribution in [2.45, 2.75) is 70.3 Å². The van der Waals surface area contributed by atoms with Gasteiger partial charge in [0.15, 0.2) is 0 Å². The number of piperidine rings is 1. The molecule has 1 aliphatic carbocycles. The Morgan fingerprint density at radius 2 is 1.79 bits per heavy atom. The molecule has 2 N–H and O–H groups in total. The molecule has 1 saturated carbocycles. The van der Waals surface area contributed by atoms with Gasteiger partial charge in [0.05, 0.1) is 17.1 Å². The first-order valence-corrected chi connectivity index (χ1v) is 8.03. The first-order chi connectivity index (χ1) is 9.18. The van der Waals surface area contributed by atoms with Gasteiger partial charge in [-0.3, -0.25) is 0 Å². The molecule has 3 heteroatoms. The fraction of sp³-hybridized carbons (Fsp3) is 0.938. The largest absolute Gasteiger partial charge is 0.388 e. The van der Waals surface area contributed by atoms with Gasteiger partial charge in [0.1, 0.15) is 0 Å². The summed E-state index contributed by atoms with van der Waals surface area (Å²) < 4.78 is 0. The average Bonchev–Trinajstić information content (AvgIpc) is 2.39. The van der Waals surface area contributed by atoms with Gasteiger partial charge in [-0.05, 0) is 32.2 Å². The Kier molecular flexibility index (Phi) is 4.86. The summed E-state index contributed by atoms with van der Waals surface area (Å²) in [7, 11) is 0. The maximum Gasteiger partial charge on any atom is 0.0885 e. The Hall–Kier alpha value is -0.590. The molecule has 0 aromatic rings. The Balaban J connectivity index is 2.28. The first-order valence-electron chi connectivity index (χ1n) is 8.03. The van der Waals surface area contributed by atoms with Gasteiger partial charge in [0.2, 0.25) is 0 Å². The smallest absolute Gasteiger partial charge is 0.0885 e. The zero-order valence-electron chi connectivity index (χ0n) is 12.2. The lowest BCUT2D eigenvalue weighted by Crippen LogP contribution is -2.59. The van der Waals surface area contributed by atoms with Gasteiger partial charge >= 0.3 is 0 Å². The van der Waals surface area contributed by atoms with Crippen LogP contribution in [-0.4, -0.2) is 23.8 Å². The summed E-state index contributed by atoms with van der Waals surface area (Å²) in [5.74, 6) is 0.223. The molecule has 19 heavy (non-hydrogen) atoms. The summed E-state index contributed by atoms with van der Waals surface area (Å²) in [6, 6.07) is 2.58. The Morgan fingerprint density at radius 1 is 1.16 bits per heavy atom. The second kappa shape index (κ2) is 6.24. The number of hydrogen-bond acceptors (Lipinski definition) is 3. The van der Waals surface area contributed by atoms with Crippen molar-refractivity contribution in [1.82, 2.24) is 5.32 Å².